The number of hydrogen-bond acceptors (Lipinski definition) is 2. The third kappa shape index (κ3) is 7.64. The van der Waals surface area contributed by atoms with Gasteiger partial charge in [0.2, 0.25) is 0 Å². The van der Waals surface area contributed by atoms with E-state index in [0.717, 1.165) is 6.07 Å². The van der Waals surface area contributed by atoms with Crippen LogP contribution in [0.3, 0.4) is 0 Å². The van der Waals surface area contributed by atoms with Gasteiger partial charge in [-0.2, -0.15) is 13.2 Å². The predicted octanol–water partition coefficient (Wildman–Crippen LogP) is 7.07. The summed E-state index contributed by atoms with van der Waals surface area (Å²) in [5, 5.41) is 8.96. The third-order valence-corrected chi connectivity index (χ3v) is 3.81. The van der Waals surface area contributed by atoms with Crippen molar-refractivity contribution in [2.75, 3.05) is 7.11 Å². The Hall–Kier alpha value is -2.76. The van der Waals surface area contributed by atoms with E-state index in [1.54, 1.807) is 18.2 Å². The zero-order valence-corrected chi connectivity index (χ0v) is 17.6. The standard InChI is InChI=1S/C19H17F3O3.2C2H6/c1-3-12(10-18(23)24)13-5-4-6-14(9-13)16-11-15(25-2)7-8-17(16)19(20,21)22;2*1-2/h3-4,6-9,11H,1,5,10H2,2H3,(H,23,24);2*1-2H3/b13-12-;;. The van der Waals surface area contributed by atoms with Crippen LogP contribution in [0.1, 0.15) is 51.7 Å². The molecule has 1 aromatic carbocycles. The molecule has 1 N–H and O–H groups in total. The Labute approximate surface area is 170 Å². The minimum Gasteiger partial charge on any atom is -0.497 e. The van der Waals surface area contributed by atoms with Crippen LogP contribution in [0.5, 0.6) is 5.75 Å². The summed E-state index contributed by atoms with van der Waals surface area (Å²) in [5.74, 6) is -0.716. The number of halogens is 3. The summed E-state index contributed by atoms with van der Waals surface area (Å²) < 4.78 is 45.0. The van der Waals surface area contributed by atoms with Crippen molar-refractivity contribution in [1.29, 1.82) is 0 Å². The first-order chi connectivity index (χ1) is 13.8. The van der Waals surface area contributed by atoms with Crippen LogP contribution in [0, 0.1) is 0 Å². The molecule has 29 heavy (non-hydrogen) atoms. The molecule has 0 fully saturated rings. The summed E-state index contributed by atoms with van der Waals surface area (Å²) in [6.07, 6.45) is 1.98. The van der Waals surface area contributed by atoms with Crippen molar-refractivity contribution in [3.63, 3.8) is 0 Å². The molecule has 0 radical (unpaired) electrons. The SMILES string of the molecule is C=C/C(CC(=O)O)=C1/C=C(c2cc(OC)ccc2C(F)(F)F)C=CC1.CC.CC. The average Bonchev–Trinajstić information content (AvgIpc) is 2.73. The molecule has 1 aliphatic carbocycles. The third-order valence-electron chi connectivity index (χ3n) is 3.81. The van der Waals surface area contributed by atoms with E-state index < -0.39 is 17.7 Å². The topological polar surface area (TPSA) is 46.5 Å². The molecule has 0 unspecified atom stereocenters. The Kier molecular flexibility index (Phi) is 11.4. The maximum absolute atomic E-state index is 13.3. The van der Waals surface area contributed by atoms with Gasteiger partial charge in [-0.15, -0.1) is 0 Å². The lowest BCUT2D eigenvalue weighted by molar-refractivity contribution is -0.138. The molecule has 0 bridgehead atoms. The summed E-state index contributed by atoms with van der Waals surface area (Å²) in [5.41, 5.74) is 0.664. The Morgan fingerprint density at radius 2 is 1.86 bits per heavy atom. The maximum atomic E-state index is 13.3. The number of carboxylic acids is 1. The van der Waals surface area contributed by atoms with Crippen LogP contribution < -0.4 is 4.74 Å². The lowest BCUT2D eigenvalue weighted by Crippen LogP contribution is -2.09. The van der Waals surface area contributed by atoms with E-state index in [4.69, 9.17) is 9.84 Å². The molecule has 0 saturated carbocycles. The highest BCUT2D eigenvalue weighted by Gasteiger charge is 2.34. The van der Waals surface area contributed by atoms with Gasteiger partial charge in [0.25, 0.3) is 0 Å². The van der Waals surface area contributed by atoms with Crippen LogP contribution >= 0.6 is 0 Å². The van der Waals surface area contributed by atoms with Crippen molar-refractivity contribution in [2.45, 2.75) is 46.7 Å². The number of carbonyl (C=O) groups is 1. The Morgan fingerprint density at radius 1 is 1.24 bits per heavy atom. The van der Waals surface area contributed by atoms with Crippen LogP contribution in [0.2, 0.25) is 0 Å². The molecule has 0 aromatic heterocycles. The van der Waals surface area contributed by atoms with Gasteiger partial charge in [0, 0.05) is 0 Å². The highest BCUT2D eigenvalue weighted by molar-refractivity contribution is 5.81. The fourth-order valence-corrected chi connectivity index (χ4v) is 2.62. The summed E-state index contributed by atoms with van der Waals surface area (Å²) in [6.45, 7) is 11.6. The average molecular weight is 410 g/mol. The van der Waals surface area contributed by atoms with E-state index in [1.165, 1.54) is 25.3 Å². The lowest BCUT2D eigenvalue weighted by Gasteiger charge is -2.18. The van der Waals surface area contributed by atoms with Gasteiger partial charge in [-0.05, 0) is 46.9 Å². The summed E-state index contributed by atoms with van der Waals surface area (Å²) >= 11 is 0. The summed E-state index contributed by atoms with van der Waals surface area (Å²) in [4.78, 5) is 10.9. The number of allylic oxidation sites excluding steroid dienone is 6. The second kappa shape index (κ2) is 12.6. The maximum Gasteiger partial charge on any atom is 0.417 e. The Balaban J connectivity index is 0.00000184. The normalized spacial score (nSPS) is 14.4. The first-order valence-electron chi connectivity index (χ1n) is 9.46. The largest absolute Gasteiger partial charge is 0.497 e. The number of methoxy groups -OCH3 is 1. The van der Waals surface area contributed by atoms with Crippen LogP contribution in [0.4, 0.5) is 13.2 Å². The van der Waals surface area contributed by atoms with Gasteiger partial charge in [-0.25, -0.2) is 0 Å². The number of ether oxygens (including phenoxy) is 1. The second-order valence-corrected chi connectivity index (χ2v) is 5.44. The van der Waals surface area contributed by atoms with E-state index in [9.17, 15) is 18.0 Å². The van der Waals surface area contributed by atoms with Gasteiger partial charge in [0.1, 0.15) is 5.75 Å². The van der Waals surface area contributed by atoms with Gasteiger partial charge >= 0.3 is 12.1 Å². The molecular weight excluding hydrogens is 381 g/mol. The molecule has 0 spiro atoms. The molecule has 0 aliphatic heterocycles. The smallest absolute Gasteiger partial charge is 0.417 e. The zero-order valence-electron chi connectivity index (χ0n) is 17.6. The first-order valence-corrected chi connectivity index (χ1v) is 9.46. The second-order valence-electron chi connectivity index (χ2n) is 5.44. The van der Waals surface area contributed by atoms with Gasteiger partial charge < -0.3 is 9.84 Å². The van der Waals surface area contributed by atoms with E-state index in [2.05, 4.69) is 6.58 Å². The molecule has 1 aliphatic rings. The number of carboxylic acid groups (broad SMARTS) is 1. The number of benzene rings is 1. The minimum absolute atomic E-state index is 0.0148. The Morgan fingerprint density at radius 3 is 2.34 bits per heavy atom. The molecule has 0 saturated heterocycles. The van der Waals surface area contributed by atoms with Crippen LogP contribution in [0.15, 0.2) is 60.2 Å². The molecule has 0 atom stereocenters. The van der Waals surface area contributed by atoms with E-state index in [0.29, 0.717) is 28.9 Å². The minimum atomic E-state index is -4.51. The van der Waals surface area contributed by atoms with Crippen molar-refractivity contribution in [1.82, 2.24) is 0 Å². The highest BCUT2D eigenvalue weighted by atomic mass is 19.4. The van der Waals surface area contributed by atoms with Crippen molar-refractivity contribution < 1.29 is 27.8 Å². The molecule has 160 valence electrons. The van der Waals surface area contributed by atoms with E-state index in [1.807, 2.05) is 27.7 Å². The zero-order chi connectivity index (χ0) is 22.6. The summed E-state index contributed by atoms with van der Waals surface area (Å²) in [6, 6.07) is 3.56. The first kappa shape index (κ1) is 26.2. The number of rotatable bonds is 5. The van der Waals surface area contributed by atoms with Gasteiger partial charge in [0.15, 0.2) is 0 Å². The van der Waals surface area contributed by atoms with E-state index in [-0.39, 0.29) is 12.0 Å². The number of aliphatic carboxylic acids is 1. The highest BCUT2D eigenvalue weighted by Crippen LogP contribution is 2.39. The summed E-state index contributed by atoms with van der Waals surface area (Å²) in [7, 11) is 1.38. The fraction of sp³-hybridized carbons (Fsp3) is 0.348. The van der Waals surface area contributed by atoms with Crippen LogP contribution in [0.25, 0.3) is 5.57 Å². The number of alkyl halides is 3. The molecule has 0 heterocycles. The number of hydrogen-bond donors (Lipinski definition) is 1. The fourth-order valence-electron chi connectivity index (χ4n) is 2.62. The van der Waals surface area contributed by atoms with Crippen molar-refractivity contribution >= 4 is 11.5 Å². The van der Waals surface area contributed by atoms with Crippen LogP contribution in [-0.2, 0) is 11.0 Å². The van der Waals surface area contributed by atoms with Crippen molar-refractivity contribution in [3.8, 4) is 5.75 Å². The predicted molar refractivity (Wildman–Crippen MR) is 112 cm³/mol. The van der Waals surface area contributed by atoms with Gasteiger partial charge in [-0.1, -0.05) is 58.6 Å². The molecule has 1 aromatic rings. The molecule has 3 nitrogen and oxygen atoms in total. The molecule has 6 heteroatoms. The van der Waals surface area contributed by atoms with Gasteiger partial charge in [0.05, 0.1) is 19.1 Å². The monoisotopic (exact) mass is 410 g/mol. The molecular formula is C23H29F3O3. The lowest BCUT2D eigenvalue weighted by atomic mass is 9.90. The Bertz CT molecular complexity index is 785. The van der Waals surface area contributed by atoms with Crippen molar-refractivity contribution in [2.24, 2.45) is 0 Å². The quantitative estimate of drug-likeness (QED) is 0.565. The van der Waals surface area contributed by atoms with Gasteiger partial charge in [-0.3, -0.25) is 4.79 Å². The molecule has 2 rings (SSSR count). The van der Waals surface area contributed by atoms with Crippen molar-refractivity contribution in [3.05, 3.63) is 71.4 Å². The molecule has 0 amide bonds. The van der Waals surface area contributed by atoms with E-state index >= 15 is 0 Å². The van der Waals surface area contributed by atoms with Crippen LogP contribution in [-0.4, -0.2) is 18.2 Å².